The Morgan fingerprint density at radius 3 is 2.27 bits per heavy atom. The lowest BCUT2D eigenvalue weighted by Crippen LogP contribution is -2.39. The number of rotatable bonds is 7. The third-order valence-corrected chi connectivity index (χ3v) is 5.86. The number of carbonyl (C=O) groups excluding carboxylic acids is 1. The molecule has 1 saturated heterocycles. The topological polar surface area (TPSA) is 23.6 Å². The lowest BCUT2D eigenvalue weighted by Gasteiger charge is -2.30. The van der Waals surface area contributed by atoms with E-state index in [1.807, 2.05) is 41.3 Å². The van der Waals surface area contributed by atoms with Crippen LogP contribution in [0.25, 0.3) is 6.08 Å². The lowest BCUT2D eigenvalue weighted by atomic mass is 9.87. The molecule has 2 aromatic rings. The summed E-state index contributed by atoms with van der Waals surface area (Å²) in [6, 6.07) is 18.8. The lowest BCUT2D eigenvalue weighted by molar-refractivity contribution is -0.126. The molecule has 1 fully saturated rings. The summed E-state index contributed by atoms with van der Waals surface area (Å²) in [6.07, 6.45) is 7.51. The molecular weight excluding hydrogens is 368 g/mol. The van der Waals surface area contributed by atoms with Crippen LogP contribution in [0.1, 0.15) is 56.7 Å². The third kappa shape index (κ3) is 6.84. The van der Waals surface area contributed by atoms with E-state index in [0.29, 0.717) is 6.54 Å². The van der Waals surface area contributed by atoms with Crippen LogP contribution in [0.15, 0.2) is 60.7 Å². The van der Waals surface area contributed by atoms with Gasteiger partial charge in [-0.2, -0.15) is 0 Å². The fourth-order valence-electron chi connectivity index (χ4n) is 3.88. The van der Waals surface area contributed by atoms with Crippen molar-refractivity contribution in [2.24, 2.45) is 0 Å². The van der Waals surface area contributed by atoms with Gasteiger partial charge in [-0.25, -0.2) is 0 Å². The van der Waals surface area contributed by atoms with Gasteiger partial charge in [-0.15, -0.1) is 0 Å². The molecule has 3 heteroatoms. The van der Waals surface area contributed by atoms with E-state index in [1.54, 1.807) is 6.08 Å². The average molecular weight is 405 g/mol. The molecule has 160 valence electrons. The summed E-state index contributed by atoms with van der Waals surface area (Å²) in [7, 11) is 0. The van der Waals surface area contributed by atoms with Crippen LogP contribution < -0.4 is 0 Å². The number of benzene rings is 2. The number of amides is 1. The molecule has 3 rings (SSSR count). The van der Waals surface area contributed by atoms with Crippen molar-refractivity contribution in [2.75, 3.05) is 26.2 Å². The first-order chi connectivity index (χ1) is 14.4. The van der Waals surface area contributed by atoms with Gasteiger partial charge in [0, 0.05) is 25.7 Å². The van der Waals surface area contributed by atoms with Gasteiger partial charge in [0.15, 0.2) is 0 Å². The Morgan fingerprint density at radius 1 is 0.967 bits per heavy atom. The molecule has 0 N–H and O–H groups in total. The highest BCUT2D eigenvalue weighted by molar-refractivity contribution is 5.91. The van der Waals surface area contributed by atoms with E-state index in [-0.39, 0.29) is 11.3 Å². The Labute approximate surface area is 182 Å². The van der Waals surface area contributed by atoms with Gasteiger partial charge in [-0.05, 0) is 54.1 Å². The Morgan fingerprint density at radius 2 is 1.63 bits per heavy atom. The maximum absolute atomic E-state index is 13.0. The molecule has 1 aliphatic rings. The zero-order chi connectivity index (χ0) is 21.4. The Bertz CT molecular complexity index is 812. The number of hydrogen-bond donors (Lipinski definition) is 0. The van der Waals surface area contributed by atoms with Crippen LogP contribution in [-0.2, 0) is 16.8 Å². The molecular formula is C27H36N2O. The number of carbonyl (C=O) groups is 1. The van der Waals surface area contributed by atoms with Gasteiger partial charge in [0.05, 0.1) is 0 Å². The molecule has 0 aromatic heterocycles. The minimum absolute atomic E-state index is 0.0794. The van der Waals surface area contributed by atoms with Crippen molar-refractivity contribution in [1.29, 1.82) is 0 Å². The van der Waals surface area contributed by atoms with Crippen molar-refractivity contribution in [3.63, 3.8) is 0 Å². The predicted molar refractivity (Wildman–Crippen MR) is 126 cm³/mol. The third-order valence-electron chi connectivity index (χ3n) is 5.86. The Balaban J connectivity index is 1.69. The molecule has 0 radical (unpaired) electrons. The van der Waals surface area contributed by atoms with Crippen LogP contribution in [0.2, 0.25) is 0 Å². The largest absolute Gasteiger partial charge is 0.334 e. The van der Waals surface area contributed by atoms with Crippen LogP contribution in [0.3, 0.4) is 0 Å². The summed E-state index contributed by atoms with van der Waals surface area (Å²) >= 11 is 0. The zero-order valence-corrected chi connectivity index (χ0v) is 18.8. The average Bonchev–Trinajstić information content (AvgIpc) is 2.76. The SMILES string of the molecule is CC(C)(C)c1ccc(CN(CCN2CCCCC2)C(=O)/C=C/c2ccccc2)cc1. The van der Waals surface area contributed by atoms with E-state index >= 15 is 0 Å². The molecule has 0 aliphatic carbocycles. The highest BCUT2D eigenvalue weighted by Gasteiger charge is 2.17. The van der Waals surface area contributed by atoms with Gasteiger partial charge >= 0.3 is 0 Å². The van der Waals surface area contributed by atoms with Gasteiger partial charge in [0.2, 0.25) is 5.91 Å². The smallest absolute Gasteiger partial charge is 0.246 e. The minimum Gasteiger partial charge on any atom is -0.334 e. The van der Waals surface area contributed by atoms with Gasteiger partial charge in [0.25, 0.3) is 0 Å². The molecule has 2 aromatic carbocycles. The van der Waals surface area contributed by atoms with Crippen molar-refractivity contribution in [3.8, 4) is 0 Å². The van der Waals surface area contributed by atoms with E-state index in [1.165, 1.54) is 30.4 Å². The van der Waals surface area contributed by atoms with E-state index in [4.69, 9.17) is 0 Å². The summed E-state index contributed by atoms with van der Waals surface area (Å²) < 4.78 is 0. The number of nitrogens with zero attached hydrogens (tertiary/aromatic N) is 2. The van der Waals surface area contributed by atoms with Gasteiger partial charge in [-0.1, -0.05) is 81.8 Å². The molecule has 0 spiro atoms. The minimum atomic E-state index is 0.0794. The number of piperidine rings is 1. The summed E-state index contributed by atoms with van der Waals surface area (Å²) in [5.41, 5.74) is 3.70. The van der Waals surface area contributed by atoms with E-state index in [0.717, 1.165) is 31.7 Å². The monoisotopic (exact) mass is 404 g/mol. The molecule has 0 unspecified atom stereocenters. The maximum atomic E-state index is 13.0. The molecule has 0 bridgehead atoms. The second-order valence-electron chi connectivity index (χ2n) is 9.35. The standard InChI is InChI=1S/C27H36N2O/c1-27(2,3)25-15-12-24(13-16-25)22-29(21-20-28-18-8-5-9-19-28)26(30)17-14-23-10-6-4-7-11-23/h4,6-7,10-17H,5,8-9,18-22H2,1-3H3/b17-14+. The molecule has 1 heterocycles. The summed E-state index contributed by atoms with van der Waals surface area (Å²) in [4.78, 5) is 17.5. The summed E-state index contributed by atoms with van der Waals surface area (Å²) in [5.74, 6) is 0.0794. The normalized spacial score (nSPS) is 15.4. The predicted octanol–water partition coefficient (Wildman–Crippen LogP) is 5.51. The molecule has 1 amide bonds. The zero-order valence-electron chi connectivity index (χ0n) is 18.8. The van der Waals surface area contributed by atoms with Crippen LogP contribution in [0.4, 0.5) is 0 Å². The molecule has 0 atom stereocenters. The van der Waals surface area contributed by atoms with Gasteiger partial charge < -0.3 is 9.80 Å². The van der Waals surface area contributed by atoms with Crippen LogP contribution in [0, 0.1) is 0 Å². The fourth-order valence-corrected chi connectivity index (χ4v) is 3.88. The van der Waals surface area contributed by atoms with Crippen LogP contribution in [-0.4, -0.2) is 41.9 Å². The van der Waals surface area contributed by atoms with Gasteiger partial charge in [-0.3, -0.25) is 4.79 Å². The maximum Gasteiger partial charge on any atom is 0.246 e. The second-order valence-corrected chi connectivity index (χ2v) is 9.35. The number of likely N-dealkylation sites (tertiary alicyclic amines) is 1. The van der Waals surface area contributed by atoms with Crippen LogP contribution >= 0.6 is 0 Å². The number of hydrogen-bond acceptors (Lipinski definition) is 2. The fraction of sp³-hybridized carbons (Fsp3) is 0.444. The van der Waals surface area contributed by atoms with Crippen molar-refractivity contribution < 1.29 is 4.79 Å². The van der Waals surface area contributed by atoms with E-state index < -0.39 is 0 Å². The van der Waals surface area contributed by atoms with Crippen molar-refractivity contribution in [3.05, 3.63) is 77.4 Å². The summed E-state index contributed by atoms with van der Waals surface area (Å²) in [5, 5.41) is 0. The van der Waals surface area contributed by atoms with E-state index in [2.05, 4.69) is 49.9 Å². The first kappa shape index (κ1) is 22.3. The van der Waals surface area contributed by atoms with E-state index in [9.17, 15) is 4.79 Å². The van der Waals surface area contributed by atoms with Crippen LogP contribution in [0.5, 0.6) is 0 Å². The second kappa shape index (κ2) is 10.6. The highest BCUT2D eigenvalue weighted by Crippen LogP contribution is 2.22. The van der Waals surface area contributed by atoms with Crippen molar-refractivity contribution in [1.82, 2.24) is 9.80 Å². The first-order valence-electron chi connectivity index (χ1n) is 11.3. The van der Waals surface area contributed by atoms with Gasteiger partial charge in [0.1, 0.15) is 0 Å². The quantitative estimate of drug-likeness (QED) is 0.568. The first-order valence-corrected chi connectivity index (χ1v) is 11.3. The summed E-state index contributed by atoms with van der Waals surface area (Å²) in [6.45, 7) is 11.4. The van der Waals surface area contributed by atoms with Crippen molar-refractivity contribution >= 4 is 12.0 Å². The Hall–Kier alpha value is -2.39. The molecule has 1 aliphatic heterocycles. The molecule has 30 heavy (non-hydrogen) atoms. The highest BCUT2D eigenvalue weighted by atomic mass is 16.2. The molecule has 3 nitrogen and oxygen atoms in total. The van der Waals surface area contributed by atoms with Crippen molar-refractivity contribution in [2.45, 2.75) is 52.0 Å². The Kier molecular flexibility index (Phi) is 7.87. The molecule has 0 saturated carbocycles.